The SMILES string of the molecule is CCC1(C)COC(c2ccc3c(c2)OCO3)CN1. The Morgan fingerprint density at radius 2 is 2.17 bits per heavy atom. The Hall–Kier alpha value is -1.26. The molecule has 2 atom stereocenters. The van der Waals surface area contributed by atoms with Gasteiger partial charge in [-0.2, -0.15) is 0 Å². The van der Waals surface area contributed by atoms with Crippen LogP contribution in [0.1, 0.15) is 31.9 Å². The van der Waals surface area contributed by atoms with E-state index in [1.165, 1.54) is 0 Å². The molecule has 2 heterocycles. The molecule has 0 radical (unpaired) electrons. The Kier molecular flexibility index (Phi) is 2.92. The highest BCUT2D eigenvalue weighted by Crippen LogP contribution is 2.35. The number of nitrogens with one attached hydrogen (secondary N) is 1. The van der Waals surface area contributed by atoms with Crippen LogP contribution in [0, 0.1) is 0 Å². The van der Waals surface area contributed by atoms with Gasteiger partial charge in [0, 0.05) is 12.1 Å². The van der Waals surface area contributed by atoms with Crippen molar-refractivity contribution in [3.8, 4) is 11.5 Å². The van der Waals surface area contributed by atoms with Gasteiger partial charge in [0.05, 0.1) is 12.7 Å². The summed E-state index contributed by atoms with van der Waals surface area (Å²) in [6, 6.07) is 6.02. The summed E-state index contributed by atoms with van der Waals surface area (Å²) < 4.78 is 16.7. The fourth-order valence-electron chi connectivity index (χ4n) is 2.29. The standard InChI is InChI=1S/C14H19NO3/c1-3-14(2)8-16-13(7-15-14)10-4-5-11-12(6-10)18-9-17-11/h4-6,13,15H,3,7-9H2,1-2H3. The van der Waals surface area contributed by atoms with Crippen LogP contribution in [0.4, 0.5) is 0 Å². The molecule has 0 aliphatic carbocycles. The van der Waals surface area contributed by atoms with Gasteiger partial charge in [0.2, 0.25) is 6.79 Å². The van der Waals surface area contributed by atoms with Crippen molar-refractivity contribution in [1.29, 1.82) is 0 Å². The van der Waals surface area contributed by atoms with E-state index in [9.17, 15) is 0 Å². The first-order valence-electron chi connectivity index (χ1n) is 6.46. The van der Waals surface area contributed by atoms with E-state index in [0.717, 1.165) is 36.6 Å². The van der Waals surface area contributed by atoms with Gasteiger partial charge >= 0.3 is 0 Å². The lowest BCUT2D eigenvalue weighted by Gasteiger charge is -2.38. The number of fused-ring (bicyclic) bond motifs is 1. The summed E-state index contributed by atoms with van der Waals surface area (Å²) in [5.41, 5.74) is 1.25. The molecular weight excluding hydrogens is 230 g/mol. The van der Waals surface area contributed by atoms with Gasteiger partial charge in [0.15, 0.2) is 11.5 Å². The minimum atomic E-state index is 0.0964. The predicted octanol–water partition coefficient (Wildman–Crippen LogP) is 2.24. The number of hydrogen-bond donors (Lipinski definition) is 1. The highest BCUT2D eigenvalue weighted by atomic mass is 16.7. The molecule has 4 heteroatoms. The molecule has 0 amide bonds. The monoisotopic (exact) mass is 249 g/mol. The third kappa shape index (κ3) is 2.06. The zero-order chi connectivity index (χ0) is 12.6. The fraction of sp³-hybridized carbons (Fsp3) is 0.571. The Morgan fingerprint density at radius 1 is 1.33 bits per heavy atom. The van der Waals surface area contributed by atoms with Crippen LogP contribution in [0.15, 0.2) is 18.2 Å². The first kappa shape index (κ1) is 11.8. The van der Waals surface area contributed by atoms with Crippen molar-refractivity contribution in [3.05, 3.63) is 23.8 Å². The fourth-order valence-corrected chi connectivity index (χ4v) is 2.29. The van der Waals surface area contributed by atoms with Gasteiger partial charge in [-0.1, -0.05) is 13.0 Å². The van der Waals surface area contributed by atoms with E-state index in [0.29, 0.717) is 6.79 Å². The van der Waals surface area contributed by atoms with Crippen LogP contribution in [0.5, 0.6) is 11.5 Å². The van der Waals surface area contributed by atoms with Gasteiger partial charge in [0.1, 0.15) is 0 Å². The summed E-state index contributed by atoms with van der Waals surface area (Å²) >= 11 is 0. The maximum Gasteiger partial charge on any atom is 0.231 e. The van der Waals surface area contributed by atoms with Crippen LogP contribution < -0.4 is 14.8 Å². The van der Waals surface area contributed by atoms with Crippen molar-refractivity contribution < 1.29 is 14.2 Å². The van der Waals surface area contributed by atoms with Crippen molar-refractivity contribution in [2.45, 2.75) is 31.9 Å². The lowest BCUT2D eigenvalue weighted by atomic mass is 9.96. The third-order valence-corrected chi connectivity index (χ3v) is 3.87. The van der Waals surface area contributed by atoms with E-state index in [1.54, 1.807) is 0 Å². The molecule has 1 N–H and O–H groups in total. The van der Waals surface area contributed by atoms with Crippen molar-refractivity contribution in [1.82, 2.24) is 5.32 Å². The molecule has 4 nitrogen and oxygen atoms in total. The molecule has 98 valence electrons. The summed E-state index contributed by atoms with van der Waals surface area (Å²) in [7, 11) is 0. The second-order valence-electron chi connectivity index (χ2n) is 5.21. The van der Waals surface area contributed by atoms with E-state index in [-0.39, 0.29) is 11.6 Å². The summed E-state index contributed by atoms with van der Waals surface area (Å²) in [6.07, 6.45) is 1.17. The van der Waals surface area contributed by atoms with Crippen LogP contribution in [0.3, 0.4) is 0 Å². The van der Waals surface area contributed by atoms with Gasteiger partial charge < -0.3 is 19.5 Å². The summed E-state index contributed by atoms with van der Waals surface area (Å²) in [6.45, 7) is 6.27. The van der Waals surface area contributed by atoms with Gasteiger partial charge in [-0.05, 0) is 31.0 Å². The average molecular weight is 249 g/mol. The zero-order valence-corrected chi connectivity index (χ0v) is 10.9. The zero-order valence-electron chi connectivity index (χ0n) is 10.9. The second kappa shape index (κ2) is 4.44. The second-order valence-corrected chi connectivity index (χ2v) is 5.21. The topological polar surface area (TPSA) is 39.7 Å². The lowest BCUT2D eigenvalue weighted by molar-refractivity contribution is -0.0299. The number of benzene rings is 1. The van der Waals surface area contributed by atoms with Crippen LogP contribution >= 0.6 is 0 Å². The minimum Gasteiger partial charge on any atom is -0.454 e. The highest BCUT2D eigenvalue weighted by Gasteiger charge is 2.30. The number of hydrogen-bond acceptors (Lipinski definition) is 4. The van der Waals surface area contributed by atoms with Gasteiger partial charge in [-0.15, -0.1) is 0 Å². The van der Waals surface area contributed by atoms with E-state index in [1.807, 2.05) is 12.1 Å². The van der Waals surface area contributed by atoms with Crippen molar-refractivity contribution in [3.63, 3.8) is 0 Å². The molecule has 2 unspecified atom stereocenters. The summed E-state index contributed by atoms with van der Waals surface area (Å²) in [5, 5.41) is 3.56. The largest absolute Gasteiger partial charge is 0.454 e. The normalized spacial score (nSPS) is 30.4. The van der Waals surface area contributed by atoms with Crippen molar-refractivity contribution in [2.24, 2.45) is 0 Å². The molecule has 2 aliphatic heterocycles. The molecule has 1 aromatic rings. The Morgan fingerprint density at radius 3 is 2.89 bits per heavy atom. The summed E-state index contributed by atoms with van der Waals surface area (Å²) in [5.74, 6) is 1.64. The quantitative estimate of drug-likeness (QED) is 0.872. The van der Waals surface area contributed by atoms with E-state index in [4.69, 9.17) is 14.2 Å². The Bertz CT molecular complexity index is 439. The molecule has 3 rings (SSSR count). The molecule has 0 saturated carbocycles. The molecule has 0 bridgehead atoms. The van der Waals surface area contributed by atoms with Crippen LogP contribution in [0.2, 0.25) is 0 Å². The number of ether oxygens (including phenoxy) is 3. The smallest absolute Gasteiger partial charge is 0.231 e. The predicted molar refractivity (Wildman–Crippen MR) is 68.0 cm³/mol. The van der Waals surface area contributed by atoms with Gasteiger partial charge in [-0.3, -0.25) is 0 Å². The van der Waals surface area contributed by atoms with Crippen LogP contribution in [0.25, 0.3) is 0 Å². The minimum absolute atomic E-state index is 0.0964. The molecule has 0 spiro atoms. The molecule has 1 aromatic carbocycles. The maximum atomic E-state index is 5.97. The van der Waals surface area contributed by atoms with E-state index in [2.05, 4.69) is 25.2 Å². The lowest BCUT2D eigenvalue weighted by Crippen LogP contribution is -2.52. The maximum absolute atomic E-state index is 5.97. The van der Waals surface area contributed by atoms with E-state index >= 15 is 0 Å². The first-order valence-corrected chi connectivity index (χ1v) is 6.46. The number of morpholine rings is 1. The molecule has 2 aliphatic rings. The van der Waals surface area contributed by atoms with E-state index < -0.39 is 0 Å². The van der Waals surface area contributed by atoms with Crippen molar-refractivity contribution in [2.75, 3.05) is 19.9 Å². The molecule has 1 saturated heterocycles. The van der Waals surface area contributed by atoms with Crippen molar-refractivity contribution >= 4 is 0 Å². The highest BCUT2D eigenvalue weighted by molar-refractivity contribution is 5.45. The third-order valence-electron chi connectivity index (χ3n) is 3.87. The Labute approximate surface area is 107 Å². The van der Waals surface area contributed by atoms with Crippen LogP contribution in [-0.4, -0.2) is 25.5 Å². The van der Waals surface area contributed by atoms with Crippen LogP contribution in [-0.2, 0) is 4.74 Å². The molecule has 18 heavy (non-hydrogen) atoms. The Balaban J connectivity index is 1.73. The molecule has 1 fully saturated rings. The summed E-state index contributed by atoms with van der Waals surface area (Å²) in [4.78, 5) is 0. The molecule has 0 aromatic heterocycles. The first-order chi connectivity index (χ1) is 8.70. The molecular formula is C14H19NO3. The van der Waals surface area contributed by atoms with Gasteiger partial charge in [0.25, 0.3) is 0 Å². The van der Waals surface area contributed by atoms with Gasteiger partial charge in [-0.25, -0.2) is 0 Å². The number of rotatable bonds is 2. The average Bonchev–Trinajstić information content (AvgIpc) is 2.87.